The first kappa shape index (κ1) is 14.5. The first-order valence-electron chi connectivity index (χ1n) is 7.13. The van der Waals surface area contributed by atoms with Crippen LogP contribution < -0.4 is 5.32 Å². The topological polar surface area (TPSA) is 30.5 Å². The minimum Gasteiger partial charge on any atom is -0.377 e. The molecule has 0 aromatic heterocycles. The second-order valence-electron chi connectivity index (χ2n) is 5.28. The molecule has 3 nitrogen and oxygen atoms in total. The lowest BCUT2D eigenvalue weighted by atomic mass is 9.84. The fraction of sp³-hybridized carbons (Fsp3) is 0.625. The molecule has 1 aromatic rings. The first-order valence-corrected chi connectivity index (χ1v) is 7.13. The molecule has 0 radical (unpaired) electrons. The molecule has 0 spiro atoms. The van der Waals surface area contributed by atoms with Crippen LogP contribution in [0, 0.1) is 6.92 Å². The number of hydrogen-bond donors (Lipinski definition) is 1. The highest BCUT2D eigenvalue weighted by atomic mass is 16.5. The molecule has 3 unspecified atom stereocenters. The molecule has 1 aliphatic rings. The fourth-order valence-electron chi connectivity index (χ4n) is 2.92. The third-order valence-corrected chi connectivity index (χ3v) is 4.02. The van der Waals surface area contributed by atoms with Gasteiger partial charge in [0.05, 0.1) is 12.2 Å². The van der Waals surface area contributed by atoms with Crippen molar-refractivity contribution in [2.75, 3.05) is 13.7 Å². The van der Waals surface area contributed by atoms with Crippen molar-refractivity contribution >= 4 is 0 Å². The zero-order chi connectivity index (χ0) is 13.8. The van der Waals surface area contributed by atoms with E-state index in [4.69, 9.17) is 9.47 Å². The molecule has 0 heterocycles. The molecule has 1 saturated carbocycles. The van der Waals surface area contributed by atoms with Gasteiger partial charge in [-0.25, -0.2) is 0 Å². The van der Waals surface area contributed by atoms with Crippen LogP contribution in [0.25, 0.3) is 0 Å². The third kappa shape index (κ3) is 3.16. The molecule has 1 aliphatic carbocycles. The van der Waals surface area contributed by atoms with E-state index in [0.29, 0.717) is 12.1 Å². The Morgan fingerprint density at radius 2 is 2.11 bits per heavy atom. The lowest BCUT2D eigenvalue weighted by Gasteiger charge is -2.44. The fourth-order valence-corrected chi connectivity index (χ4v) is 2.92. The zero-order valence-electron chi connectivity index (χ0n) is 12.3. The smallest absolute Gasteiger partial charge is 0.0987 e. The van der Waals surface area contributed by atoms with Gasteiger partial charge in [0.1, 0.15) is 0 Å². The van der Waals surface area contributed by atoms with Gasteiger partial charge >= 0.3 is 0 Å². The molecule has 4 atom stereocenters. The van der Waals surface area contributed by atoms with E-state index in [9.17, 15) is 0 Å². The summed E-state index contributed by atoms with van der Waals surface area (Å²) in [5, 5.41) is 3.66. The van der Waals surface area contributed by atoms with Crippen LogP contribution >= 0.6 is 0 Å². The maximum Gasteiger partial charge on any atom is 0.0987 e. The number of nitrogens with one attached hydrogen (secondary N) is 1. The molecule has 0 saturated heterocycles. The Morgan fingerprint density at radius 3 is 2.74 bits per heavy atom. The van der Waals surface area contributed by atoms with Crippen molar-refractivity contribution < 1.29 is 9.47 Å². The van der Waals surface area contributed by atoms with Crippen molar-refractivity contribution in [1.82, 2.24) is 5.32 Å². The average molecular weight is 263 g/mol. The Hall–Kier alpha value is -0.900. The van der Waals surface area contributed by atoms with Crippen LogP contribution in [-0.2, 0) is 9.47 Å². The van der Waals surface area contributed by atoms with Gasteiger partial charge in [0.25, 0.3) is 0 Å². The van der Waals surface area contributed by atoms with Crippen molar-refractivity contribution in [3.63, 3.8) is 0 Å². The SMILES string of the molecule is CCOC1CC(N[C@H](C)c2ccccc2C)C1OC. The number of methoxy groups -OCH3 is 1. The number of hydrogen-bond acceptors (Lipinski definition) is 3. The summed E-state index contributed by atoms with van der Waals surface area (Å²) >= 11 is 0. The lowest BCUT2D eigenvalue weighted by Crippen LogP contribution is -2.60. The molecule has 19 heavy (non-hydrogen) atoms. The monoisotopic (exact) mass is 263 g/mol. The van der Waals surface area contributed by atoms with E-state index >= 15 is 0 Å². The van der Waals surface area contributed by atoms with Crippen LogP contribution in [0.5, 0.6) is 0 Å². The quantitative estimate of drug-likeness (QED) is 0.856. The Bertz CT molecular complexity index is 407. The number of aryl methyl sites for hydroxylation is 1. The Labute approximate surface area is 116 Å². The van der Waals surface area contributed by atoms with Crippen LogP contribution in [0.2, 0.25) is 0 Å². The van der Waals surface area contributed by atoms with Crippen LogP contribution in [0.3, 0.4) is 0 Å². The summed E-state index contributed by atoms with van der Waals surface area (Å²) in [5.41, 5.74) is 2.69. The van der Waals surface area contributed by atoms with E-state index in [1.807, 2.05) is 6.92 Å². The van der Waals surface area contributed by atoms with Gasteiger partial charge in [-0.3, -0.25) is 0 Å². The van der Waals surface area contributed by atoms with Crippen LogP contribution in [-0.4, -0.2) is 32.0 Å². The van der Waals surface area contributed by atoms with Gasteiger partial charge in [0, 0.05) is 25.8 Å². The van der Waals surface area contributed by atoms with E-state index in [0.717, 1.165) is 13.0 Å². The molecule has 3 heteroatoms. The summed E-state index contributed by atoms with van der Waals surface area (Å²) in [6.07, 6.45) is 1.45. The second-order valence-corrected chi connectivity index (χ2v) is 5.28. The minimum atomic E-state index is 0.173. The normalized spacial score (nSPS) is 27.9. The maximum atomic E-state index is 5.66. The largest absolute Gasteiger partial charge is 0.377 e. The molecule has 1 aromatic carbocycles. The van der Waals surface area contributed by atoms with Crippen LogP contribution in [0.15, 0.2) is 24.3 Å². The van der Waals surface area contributed by atoms with E-state index in [1.165, 1.54) is 11.1 Å². The summed E-state index contributed by atoms with van der Waals surface area (Å²) in [7, 11) is 1.77. The highest BCUT2D eigenvalue weighted by molar-refractivity contribution is 5.28. The van der Waals surface area contributed by atoms with Crippen molar-refractivity contribution in [2.24, 2.45) is 0 Å². The van der Waals surface area contributed by atoms with Crippen molar-refractivity contribution in [3.8, 4) is 0 Å². The maximum absolute atomic E-state index is 5.66. The van der Waals surface area contributed by atoms with Crippen molar-refractivity contribution in [2.45, 2.75) is 51.5 Å². The molecule has 106 valence electrons. The van der Waals surface area contributed by atoms with Gasteiger partial charge < -0.3 is 14.8 Å². The molecule has 0 aliphatic heterocycles. The predicted octanol–water partition coefficient (Wildman–Crippen LogP) is 2.84. The van der Waals surface area contributed by atoms with Gasteiger partial charge in [-0.15, -0.1) is 0 Å². The number of ether oxygens (including phenoxy) is 2. The minimum absolute atomic E-state index is 0.173. The van der Waals surface area contributed by atoms with Gasteiger partial charge in [-0.1, -0.05) is 24.3 Å². The van der Waals surface area contributed by atoms with Crippen LogP contribution in [0.1, 0.15) is 37.4 Å². The Morgan fingerprint density at radius 1 is 1.37 bits per heavy atom. The molecule has 0 amide bonds. The molecule has 2 rings (SSSR count). The van der Waals surface area contributed by atoms with Crippen LogP contribution in [0.4, 0.5) is 0 Å². The number of rotatable bonds is 6. The van der Waals surface area contributed by atoms with E-state index in [1.54, 1.807) is 7.11 Å². The Kier molecular flexibility index (Phi) is 4.97. The second kappa shape index (κ2) is 6.51. The Balaban J connectivity index is 1.93. The zero-order valence-corrected chi connectivity index (χ0v) is 12.3. The van der Waals surface area contributed by atoms with E-state index < -0.39 is 0 Å². The lowest BCUT2D eigenvalue weighted by molar-refractivity contribution is -0.133. The third-order valence-electron chi connectivity index (χ3n) is 4.02. The average Bonchev–Trinajstić information content (AvgIpc) is 2.38. The molecule has 0 bridgehead atoms. The summed E-state index contributed by atoms with van der Waals surface area (Å²) in [6, 6.07) is 9.25. The molecular formula is C16H25NO2. The summed E-state index contributed by atoms with van der Waals surface area (Å²) in [5.74, 6) is 0. The summed E-state index contributed by atoms with van der Waals surface area (Å²) in [4.78, 5) is 0. The summed E-state index contributed by atoms with van der Waals surface area (Å²) < 4.78 is 11.2. The number of benzene rings is 1. The molecular weight excluding hydrogens is 238 g/mol. The highest BCUT2D eigenvalue weighted by Gasteiger charge is 2.42. The standard InChI is InChI=1S/C16H25NO2/c1-5-19-15-10-14(16(15)18-4)17-12(3)13-9-7-6-8-11(13)2/h6-9,12,14-17H,5,10H2,1-4H3/t12-,14?,15?,16?/m1/s1. The van der Waals surface area contributed by atoms with Crippen molar-refractivity contribution in [1.29, 1.82) is 0 Å². The van der Waals surface area contributed by atoms with E-state index in [-0.39, 0.29) is 12.2 Å². The van der Waals surface area contributed by atoms with Gasteiger partial charge in [0.2, 0.25) is 0 Å². The van der Waals surface area contributed by atoms with Gasteiger partial charge in [-0.2, -0.15) is 0 Å². The summed E-state index contributed by atoms with van der Waals surface area (Å²) in [6.45, 7) is 7.15. The first-order chi connectivity index (χ1) is 9.17. The predicted molar refractivity (Wildman–Crippen MR) is 77.3 cm³/mol. The molecule has 1 fully saturated rings. The van der Waals surface area contributed by atoms with Crippen molar-refractivity contribution in [3.05, 3.63) is 35.4 Å². The van der Waals surface area contributed by atoms with Gasteiger partial charge in [0.15, 0.2) is 0 Å². The highest BCUT2D eigenvalue weighted by Crippen LogP contribution is 2.29. The molecule has 1 N–H and O–H groups in total. The van der Waals surface area contributed by atoms with Gasteiger partial charge in [-0.05, 0) is 38.3 Å². The van der Waals surface area contributed by atoms with E-state index in [2.05, 4.69) is 43.4 Å².